The molecule has 21 heavy (non-hydrogen) atoms. The van der Waals surface area contributed by atoms with E-state index in [4.69, 9.17) is 11.6 Å². The van der Waals surface area contributed by atoms with E-state index in [1.165, 1.54) is 12.4 Å². The predicted octanol–water partition coefficient (Wildman–Crippen LogP) is 1.43. The van der Waals surface area contributed by atoms with Crippen LogP contribution in [0.4, 0.5) is 0 Å². The van der Waals surface area contributed by atoms with Gasteiger partial charge < -0.3 is 0 Å². The van der Waals surface area contributed by atoms with E-state index < -0.39 is 10.0 Å². The Labute approximate surface area is 129 Å². The van der Waals surface area contributed by atoms with Crippen molar-refractivity contribution in [1.29, 1.82) is 0 Å². The number of rotatable bonds is 7. The molecular weight excluding hydrogens is 314 g/mol. The van der Waals surface area contributed by atoms with Crippen LogP contribution < -0.4 is 4.72 Å². The van der Waals surface area contributed by atoms with Gasteiger partial charge in [0.05, 0.1) is 23.1 Å². The molecule has 1 N–H and O–H groups in total. The van der Waals surface area contributed by atoms with Gasteiger partial charge in [0.15, 0.2) is 0 Å². The van der Waals surface area contributed by atoms with Gasteiger partial charge in [-0.05, 0) is 20.3 Å². The molecular formula is C12H18ClN5O2S. The van der Waals surface area contributed by atoms with Crippen LogP contribution in [0.15, 0.2) is 23.5 Å². The molecule has 0 aliphatic rings. The zero-order valence-electron chi connectivity index (χ0n) is 12.0. The van der Waals surface area contributed by atoms with Crippen molar-refractivity contribution in [2.24, 2.45) is 0 Å². The van der Waals surface area contributed by atoms with Crippen molar-refractivity contribution in [1.82, 2.24) is 24.3 Å². The largest absolute Gasteiger partial charge is 0.272 e. The highest BCUT2D eigenvalue weighted by atomic mass is 35.5. The predicted molar refractivity (Wildman–Crippen MR) is 79.7 cm³/mol. The molecule has 0 spiro atoms. The number of halogens is 1. The lowest BCUT2D eigenvalue weighted by Crippen LogP contribution is -2.25. The summed E-state index contributed by atoms with van der Waals surface area (Å²) in [6.07, 6.45) is 5.07. The van der Waals surface area contributed by atoms with E-state index in [0.29, 0.717) is 31.1 Å². The van der Waals surface area contributed by atoms with Crippen molar-refractivity contribution in [2.75, 3.05) is 6.54 Å². The van der Waals surface area contributed by atoms with Crippen molar-refractivity contribution < 1.29 is 8.42 Å². The highest BCUT2D eigenvalue weighted by Crippen LogP contribution is 2.13. The minimum atomic E-state index is -3.50. The van der Waals surface area contributed by atoms with Gasteiger partial charge in [-0.1, -0.05) is 11.6 Å². The lowest BCUT2D eigenvalue weighted by molar-refractivity contribution is 0.546. The van der Waals surface area contributed by atoms with E-state index in [1.54, 1.807) is 15.6 Å². The number of sulfonamides is 1. The van der Waals surface area contributed by atoms with Gasteiger partial charge >= 0.3 is 0 Å². The van der Waals surface area contributed by atoms with E-state index in [0.717, 1.165) is 5.69 Å². The van der Waals surface area contributed by atoms with Crippen molar-refractivity contribution >= 4 is 21.6 Å². The minimum absolute atomic E-state index is 0.183. The Bertz CT molecular complexity index is 707. The normalized spacial score (nSPS) is 12.0. The number of nitrogens with one attached hydrogen (secondary N) is 1. The Morgan fingerprint density at radius 3 is 2.67 bits per heavy atom. The van der Waals surface area contributed by atoms with Crippen LogP contribution in [0.25, 0.3) is 0 Å². The molecule has 0 saturated carbocycles. The molecule has 0 atom stereocenters. The van der Waals surface area contributed by atoms with Crippen LogP contribution in [-0.2, 0) is 23.1 Å². The van der Waals surface area contributed by atoms with Crippen LogP contribution in [0.2, 0.25) is 5.02 Å². The second-order valence-electron chi connectivity index (χ2n) is 4.58. The van der Waals surface area contributed by atoms with Crippen molar-refractivity contribution in [3.63, 3.8) is 0 Å². The molecule has 116 valence electrons. The van der Waals surface area contributed by atoms with E-state index in [2.05, 4.69) is 14.9 Å². The molecule has 0 saturated heterocycles. The molecule has 0 bridgehead atoms. The smallest absolute Gasteiger partial charge is 0.243 e. The van der Waals surface area contributed by atoms with Crippen LogP contribution in [0.1, 0.15) is 19.0 Å². The monoisotopic (exact) mass is 331 g/mol. The fraction of sp³-hybridized carbons (Fsp3) is 0.500. The third-order valence-electron chi connectivity index (χ3n) is 3.13. The number of nitrogens with zero attached hydrogens (tertiary/aromatic N) is 4. The average molecular weight is 332 g/mol. The Morgan fingerprint density at radius 1 is 1.33 bits per heavy atom. The third kappa shape index (κ3) is 3.84. The van der Waals surface area contributed by atoms with Crippen LogP contribution >= 0.6 is 11.6 Å². The number of hydrogen-bond acceptors (Lipinski definition) is 4. The molecule has 2 rings (SSSR count). The third-order valence-corrected chi connectivity index (χ3v) is 4.91. The summed E-state index contributed by atoms with van der Waals surface area (Å²) in [5.41, 5.74) is 0.878. The van der Waals surface area contributed by atoms with Crippen molar-refractivity contribution in [2.45, 2.75) is 38.3 Å². The summed E-state index contributed by atoms with van der Waals surface area (Å²) < 4.78 is 30.0. The quantitative estimate of drug-likeness (QED) is 0.778. The molecule has 2 aromatic rings. The van der Waals surface area contributed by atoms with Crippen LogP contribution in [0.5, 0.6) is 0 Å². The second kappa shape index (κ2) is 6.59. The van der Waals surface area contributed by atoms with E-state index in [9.17, 15) is 8.42 Å². The van der Waals surface area contributed by atoms with Crippen molar-refractivity contribution in [3.8, 4) is 0 Å². The minimum Gasteiger partial charge on any atom is -0.272 e. The number of hydrogen-bond donors (Lipinski definition) is 1. The van der Waals surface area contributed by atoms with Gasteiger partial charge in [-0.3, -0.25) is 9.36 Å². The van der Waals surface area contributed by atoms with Gasteiger partial charge in [-0.2, -0.15) is 10.2 Å². The maximum Gasteiger partial charge on any atom is 0.243 e. The van der Waals surface area contributed by atoms with Gasteiger partial charge in [0, 0.05) is 25.8 Å². The molecule has 2 heterocycles. The fourth-order valence-electron chi connectivity index (χ4n) is 1.82. The Kier molecular flexibility index (Phi) is 5.02. The summed E-state index contributed by atoms with van der Waals surface area (Å²) in [6, 6.07) is 0. The van der Waals surface area contributed by atoms with E-state index in [1.807, 2.05) is 13.8 Å². The maximum atomic E-state index is 12.0. The fourth-order valence-corrected chi connectivity index (χ4v) is 2.99. The Morgan fingerprint density at radius 2 is 2.10 bits per heavy atom. The van der Waals surface area contributed by atoms with E-state index in [-0.39, 0.29) is 4.90 Å². The molecule has 0 unspecified atom stereocenters. The number of aromatic nitrogens is 4. The summed E-state index contributed by atoms with van der Waals surface area (Å²) in [5, 5.41) is 8.69. The summed E-state index contributed by atoms with van der Waals surface area (Å²) in [5.74, 6) is 0. The molecule has 0 aliphatic heterocycles. The molecule has 0 aromatic carbocycles. The standard InChI is InChI=1S/C12H18ClN5O2S/c1-3-17-9-11(7-14-17)21(19,20)16-5-4-6-18-10(2)12(13)8-15-18/h7-9,16H,3-6H2,1-2H3. The lowest BCUT2D eigenvalue weighted by Gasteiger charge is -2.06. The van der Waals surface area contributed by atoms with Gasteiger partial charge in [0.2, 0.25) is 10.0 Å². The molecule has 0 radical (unpaired) electrons. The Balaban J connectivity index is 1.86. The summed E-state index contributed by atoms with van der Waals surface area (Å²) in [4.78, 5) is 0.183. The molecule has 0 fully saturated rings. The second-order valence-corrected chi connectivity index (χ2v) is 6.76. The van der Waals surface area contributed by atoms with Gasteiger partial charge in [-0.15, -0.1) is 0 Å². The SMILES string of the molecule is CCn1cc(S(=O)(=O)NCCCn2ncc(Cl)c2C)cn1. The highest BCUT2D eigenvalue weighted by Gasteiger charge is 2.15. The van der Waals surface area contributed by atoms with Gasteiger partial charge in [0.25, 0.3) is 0 Å². The van der Waals surface area contributed by atoms with Crippen LogP contribution in [0, 0.1) is 6.92 Å². The maximum absolute atomic E-state index is 12.0. The summed E-state index contributed by atoms with van der Waals surface area (Å²) in [6.45, 7) is 5.34. The first-order valence-electron chi connectivity index (χ1n) is 6.64. The first-order valence-corrected chi connectivity index (χ1v) is 8.50. The molecule has 2 aromatic heterocycles. The summed E-state index contributed by atoms with van der Waals surface area (Å²) >= 11 is 5.91. The van der Waals surface area contributed by atoms with Gasteiger partial charge in [0.1, 0.15) is 4.90 Å². The zero-order valence-corrected chi connectivity index (χ0v) is 13.5. The summed E-state index contributed by atoms with van der Waals surface area (Å²) in [7, 11) is -3.50. The first kappa shape index (κ1) is 16.0. The first-order chi connectivity index (χ1) is 9.94. The highest BCUT2D eigenvalue weighted by molar-refractivity contribution is 7.89. The number of aryl methyl sites for hydroxylation is 2. The van der Waals surface area contributed by atoms with Crippen LogP contribution in [-0.4, -0.2) is 34.5 Å². The molecule has 9 heteroatoms. The van der Waals surface area contributed by atoms with Crippen LogP contribution in [0.3, 0.4) is 0 Å². The topological polar surface area (TPSA) is 81.8 Å². The lowest BCUT2D eigenvalue weighted by atomic mass is 10.4. The average Bonchev–Trinajstić information content (AvgIpc) is 3.05. The molecule has 0 amide bonds. The zero-order chi connectivity index (χ0) is 15.5. The van der Waals surface area contributed by atoms with E-state index >= 15 is 0 Å². The van der Waals surface area contributed by atoms with Gasteiger partial charge in [-0.25, -0.2) is 13.1 Å². The van der Waals surface area contributed by atoms with Crippen molar-refractivity contribution in [3.05, 3.63) is 29.3 Å². The molecule has 7 nitrogen and oxygen atoms in total. The molecule has 0 aliphatic carbocycles. The Hall–Kier alpha value is -1.38.